The number of para-hydroxylation sites is 1. The Kier molecular flexibility index (Phi) is 3.59. The maximum atomic E-state index is 9.02. The Labute approximate surface area is 132 Å². The van der Waals surface area contributed by atoms with Crippen molar-refractivity contribution >= 4 is 33.1 Å². The van der Waals surface area contributed by atoms with Crippen molar-refractivity contribution in [3.8, 4) is 0 Å². The van der Waals surface area contributed by atoms with E-state index in [2.05, 4.69) is 51.1 Å². The number of fused-ring (bicyclic) bond motifs is 1. The van der Waals surface area contributed by atoms with Gasteiger partial charge in [-0.1, -0.05) is 39.3 Å². The van der Waals surface area contributed by atoms with Crippen LogP contribution in [0.2, 0.25) is 0 Å². The summed E-state index contributed by atoms with van der Waals surface area (Å²) in [4.78, 5) is 2.24. The van der Waals surface area contributed by atoms with Crippen LogP contribution in [0.5, 0.6) is 0 Å². The molecular formula is C16H16BrN3O. The number of rotatable bonds is 2. The Hall–Kier alpha value is -2.01. The van der Waals surface area contributed by atoms with Gasteiger partial charge >= 0.3 is 0 Å². The van der Waals surface area contributed by atoms with Gasteiger partial charge in [-0.15, -0.1) is 0 Å². The summed E-state index contributed by atoms with van der Waals surface area (Å²) in [7, 11) is 0. The Bertz CT molecular complexity index is 714. The van der Waals surface area contributed by atoms with Crippen molar-refractivity contribution in [2.45, 2.75) is 19.4 Å². The molecule has 0 spiro atoms. The number of amidine groups is 1. The van der Waals surface area contributed by atoms with Crippen LogP contribution < -0.4 is 10.6 Å². The maximum Gasteiger partial charge on any atom is 0.172 e. The molecule has 1 aliphatic rings. The van der Waals surface area contributed by atoms with Gasteiger partial charge in [0.05, 0.1) is 5.69 Å². The highest BCUT2D eigenvalue weighted by atomic mass is 79.9. The second-order valence-corrected chi connectivity index (χ2v) is 6.11. The molecule has 3 N–H and O–H groups in total. The van der Waals surface area contributed by atoms with Crippen LogP contribution >= 0.6 is 15.9 Å². The van der Waals surface area contributed by atoms with E-state index in [1.54, 1.807) is 0 Å². The molecule has 4 nitrogen and oxygen atoms in total. The summed E-state index contributed by atoms with van der Waals surface area (Å²) in [5.74, 6) is 0.120. The second kappa shape index (κ2) is 5.41. The molecule has 21 heavy (non-hydrogen) atoms. The molecule has 0 saturated heterocycles. The molecule has 0 saturated carbocycles. The smallest absolute Gasteiger partial charge is 0.172 e. The van der Waals surface area contributed by atoms with E-state index in [4.69, 9.17) is 10.9 Å². The average molecular weight is 346 g/mol. The first-order valence-electron chi connectivity index (χ1n) is 6.76. The SMILES string of the molecule is CC1Cc2ccccc2N1c1cc(Br)ccc1/C(N)=N/O. The molecule has 5 heteroatoms. The first-order valence-corrected chi connectivity index (χ1v) is 7.55. The van der Waals surface area contributed by atoms with Crippen molar-refractivity contribution in [2.75, 3.05) is 4.90 Å². The normalized spacial score (nSPS) is 17.9. The van der Waals surface area contributed by atoms with Crippen LogP contribution in [0, 0.1) is 0 Å². The minimum absolute atomic E-state index is 0.120. The quantitative estimate of drug-likeness (QED) is 0.378. The van der Waals surface area contributed by atoms with E-state index >= 15 is 0 Å². The fourth-order valence-electron chi connectivity index (χ4n) is 2.91. The Morgan fingerprint density at radius 2 is 2.05 bits per heavy atom. The highest BCUT2D eigenvalue weighted by molar-refractivity contribution is 9.10. The molecule has 2 aromatic carbocycles. The fourth-order valence-corrected chi connectivity index (χ4v) is 3.26. The van der Waals surface area contributed by atoms with Crippen LogP contribution in [0.3, 0.4) is 0 Å². The van der Waals surface area contributed by atoms with Gasteiger partial charge in [-0.25, -0.2) is 0 Å². The highest BCUT2D eigenvalue weighted by Gasteiger charge is 2.29. The first-order chi connectivity index (χ1) is 10.1. The summed E-state index contributed by atoms with van der Waals surface area (Å²) in [5, 5.41) is 12.2. The third kappa shape index (κ3) is 2.38. The van der Waals surface area contributed by atoms with Crippen LogP contribution in [0.15, 0.2) is 52.1 Å². The number of nitrogens with zero attached hydrogens (tertiary/aromatic N) is 2. The van der Waals surface area contributed by atoms with E-state index in [1.807, 2.05) is 24.3 Å². The van der Waals surface area contributed by atoms with E-state index in [0.29, 0.717) is 6.04 Å². The molecule has 0 fully saturated rings. The number of hydrogen-bond acceptors (Lipinski definition) is 3. The minimum atomic E-state index is 0.120. The summed E-state index contributed by atoms with van der Waals surface area (Å²) >= 11 is 3.50. The van der Waals surface area contributed by atoms with Crippen molar-refractivity contribution in [3.05, 3.63) is 58.1 Å². The van der Waals surface area contributed by atoms with E-state index in [0.717, 1.165) is 22.1 Å². The maximum absolute atomic E-state index is 9.02. The second-order valence-electron chi connectivity index (χ2n) is 5.20. The summed E-state index contributed by atoms with van der Waals surface area (Å²) in [5.41, 5.74) is 10.00. The van der Waals surface area contributed by atoms with Gasteiger partial charge in [-0.2, -0.15) is 0 Å². The fraction of sp³-hybridized carbons (Fsp3) is 0.188. The molecule has 1 aliphatic heterocycles. The predicted octanol–water partition coefficient (Wildman–Crippen LogP) is 3.63. The first kappa shape index (κ1) is 13.9. The van der Waals surface area contributed by atoms with Gasteiger partial charge in [0.15, 0.2) is 5.84 Å². The van der Waals surface area contributed by atoms with Gasteiger partial charge in [-0.3, -0.25) is 0 Å². The van der Waals surface area contributed by atoms with Crippen LogP contribution in [-0.2, 0) is 6.42 Å². The molecule has 0 aromatic heterocycles. The minimum Gasteiger partial charge on any atom is -0.409 e. The lowest BCUT2D eigenvalue weighted by Crippen LogP contribution is -2.27. The number of halogens is 1. The van der Waals surface area contributed by atoms with Gasteiger partial charge < -0.3 is 15.8 Å². The van der Waals surface area contributed by atoms with Crippen LogP contribution in [0.4, 0.5) is 11.4 Å². The molecule has 3 rings (SSSR count). The van der Waals surface area contributed by atoms with Gasteiger partial charge in [-0.05, 0) is 43.2 Å². The Balaban J connectivity index is 2.19. The molecule has 0 amide bonds. The van der Waals surface area contributed by atoms with E-state index < -0.39 is 0 Å². The molecule has 1 atom stereocenters. The zero-order valence-electron chi connectivity index (χ0n) is 11.6. The number of oxime groups is 1. The molecule has 108 valence electrons. The number of hydrogen-bond donors (Lipinski definition) is 2. The van der Waals surface area contributed by atoms with Crippen LogP contribution in [0.1, 0.15) is 18.1 Å². The van der Waals surface area contributed by atoms with E-state index in [9.17, 15) is 0 Å². The standard InChI is InChI=1S/C16H16BrN3O/c1-10-8-11-4-2-3-5-14(11)20(10)15-9-12(17)6-7-13(15)16(18)19-21/h2-7,9-10,21H,8H2,1H3,(H2,18,19). The largest absolute Gasteiger partial charge is 0.409 e. The number of anilines is 2. The van der Waals surface area contributed by atoms with Crippen molar-refractivity contribution in [1.29, 1.82) is 0 Å². The van der Waals surface area contributed by atoms with Crippen LogP contribution in [-0.4, -0.2) is 17.1 Å². The lowest BCUT2D eigenvalue weighted by atomic mass is 10.1. The molecular weight excluding hydrogens is 330 g/mol. The van der Waals surface area contributed by atoms with Crippen LogP contribution in [0.25, 0.3) is 0 Å². The van der Waals surface area contributed by atoms with Gasteiger partial charge in [0.1, 0.15) is 0 Å². The van der Waals surface area contributed by atoms with Crippen molar-refractivity contribution in [3.63, 3.8) is 0 Å². The highest BCUT2D eigenvalue weighted by Crippen LogP contribution is 2.40. The molecule has 2 aromatic rings. The van der Waals surface area contributed by atoms with Gasteiger partial charge in [0, 0.05) is 21.8 Å². The topological polar surface area (TPSA) is 61.8 Å². The summed E-state index contributed by atoms with van der Waals surface area (Å²) < 4.78 is 0.962. The average Bonchev–Trinajstić information content (AvgIpc) is 2.82. The van der Waals surface area contributed by atoms with Gasteiger partial charge in [0.2, 0.25) is 0 Å². The summed E-state index contributed by atoms with van der Waals surface area (Å²) in [6.45, 7) is 2.18. The van der Waals surface area contributed by atoms with E-state index in [-0.39, 0.29) is 5.84 Å². The summed E-state index contributed by atoms with van der Waals surface area (Å²) in [6, 6.07) is 14.4. The third-order valence-electron chi connectivity index (χ3n) is 3.81. The lowest BCUT2D eigenvalue weighted by Gasteiger charge is -2.27. The number of benzene rings is 2. The lowest BCUT2D eigenvalue weighted by molar-refractivity contribution is 0.318. The molecule has 0 radical (unpaired) electrons. The molecule has 1 unspecified atom stereocenters. The summed E-state index contributed by atoms with van der Waals surface area (Å²) in [6.07, 6.45) is 0.984. The third-order valence-corrected chi connectivity index (χ3v) is 4.30. The van der Waals surface area contributed by atoms with Crippen molar-refractivity contribution in [2.24, 2.45) is 10.9 Å². The predicted molar refractivity (Wildman–Crippen MR) is 88.4 cm³/mol. The van der Waals surface area contributed by atoms with Crippen molar-refractivity contribution in [1.82, 2.24) is 0 Å². The van der Waals surface area contributed by atoms with E-state index in [1.165, 1.54) is 11.3 Å². The zero-order chi connectivity index (χ0) is 15.0. The Morgan fingerprint density at radius 1 is 1.29 bits per heavy atom. The van der Waals surface area contributed by atoms with Gasteiger partial charge in [0.25, 0.3) is 0 Å². The monoisotopic (exact) mass is 345 g/mol. The molecule has 0 bridgehead atoms. The molecule has 0 aliphatic carbocycles. The Morgan fingerprint density at radius 3 is 2.81 bits per heavy atom. The van der Waals surface area contributed by atoms with Crippen molar-refractivity contribution < 1.29 is 5.21 Å². The molecule has 1 heterocycles. The zero-order valence-corrected chi connectivity index (χ0v) is 13.2. The number of nitrogens with two attached hydrogens (primary N) is 1.